The maximum Gasteiger partial charge on any atom is 0.266 e. The fraction of sp³-hybridized carbons (Fsp3) is 0.450. The molecule has 3 aliphatic heterocycles. The number of hydrogen-bond donors (Lipinski definition) is 2. The molecule has 11 heteroatoms. The standard InChI is InChI=1S/C20H22N4O6.ClH/c21-11-3-2-8-23(9-11)16(26)10-30-14-5-1-4-12-17(14)20(29)24(19(12)28)13-6-7-15(25)22-18(13)27;/h1,4-5,11,13H,2-3,6-10,21H2,(H,22,25,27);1H/t11-,13?;/m1./s1. The third kappa shape index (κ3) is 4.26. The van der Waals surface area contributed by atoms with Crippen LogP contribution < -0.4 is 15.8 Å². The number of ether oxygens (including phenoxy) is 1. The molecule has 2 atom stereocenters. The van der Waals surface area contributed by atoms with Gasteiger partial charge in [-0.15, -0.1) is 12.4 Å². The summed E-state index contributed by atoms with van der Waals surface area (Å²) in [6.07, 6.45) is 1.80. The average molecular weight is 451 g/mol. The number of nitrogens with two attached hydrogens (primary N) is 1. The highest BCUT2D eigenvalue weighted by Gasteiger charge is 2.46. The molecule has 0 saturated carbocycles. The molecule has 1 unspecified atom stereocenters. The van der Waals surface area contributed by atoms with E-state index in [0.717, 1.165) is 17.7 Å². The molecule has 4 rings (SSSR count). The van der Waals surface area contributed by atoms with E-state index in [0.29, 0.717) is 13.1 Å². The highest BCUT2D eigenvalue weighted by Crippen LogP contribution is 2.33. The van der Waals surface area contributed by atoms with E-state index in [1.807, 2.05) is 0 Å². The number of benzene rings is 1. The Morgan fingerprint density at radius 2 is 1.94 bits per heavy atom. The van der Waals surface area contributed by atoms with Crippen LogP contribution in [0.2, 0.25) is 0 Å². The highest BCUT2D eigenvalue weighted by atomic mass is 35.5. The first-order chi connectivity index (χ1) is 14.4. The van der Waals surface area contributed by atoms with E-state index in [-0.39, 0.29) is 60.7 Å². The summed E-state index contributed by atoms with van der Waals surface area (Å²) in [4.78, 5) is 64.3. The lowest BCUT2D eigenvalue weighted by atomic mass is 10.0. The van der Waals surface area contributed by atoms with E-state index >= 15 is 0 Å². The fourth-order valence-electron chi connectivity index (χ4n) is 4.07. The maximum absolute atomic E-state index is 13.0. The number of piperidine rings is 2. The van der Waals surface area contributed by atoms with Crippen LogP contribution >= 0.6 is 12.4 Å². The number of carbonyl (C=O) groups is 5. The molecule has 0 aromatic heterocycles. The van der Waals surface area contributed by atoms with Gasteiger partial charge in [-0.1, -0.05) is 6.07 Å². The van der Waals surface area contributed by atoms with Gasteiger partial charge >= 0.3 is 0 Å². The first kappa shape index (κ1) is 22.7. The van der Waals surface area contributed by atoms with Gasteiger partial charge in [-0.3, -0.25) is 34.2 Å². The van der Waals surface area contributed by atoms with Gasteiger partial charge in [0.25, 0.3) is 17.7 Å². The lowest BCUT2D eigenvalue weighted by Gasteiger charge is -2.30. The predicted molar refractivity (Wildman–Crippen MR) is 110 cm³/mol. The summed E-state index contributed by atoms with van der Waals surface area (Å²) in [6, 6.07) is 3.41. The van der Waals surface area contributed by atoms with Crippen molar-refractivity contribution < 1.29 is 28.7 Å². The van der Waals surface area contributed by atoms with E-state index in [9.17, 15) is 24.0 Å². The minimum atomic E-state index is -1.06. The van der Waals surface area contributed by atoms with Gasteiger partial charge in [0, 0.05) is 25.6 Å². The molecule has 31 heavy (non-hydrogen) atoms. The Labute approximate surface area is 184 Å². The molecule has 2 fully saturated rings. The minimum Gasteiger partial charge on any atom is -0.483 e. The van der Waals surface area contributed by atoms with Gasteiger partial charge in [0.2, 0.25) is 11.8 Å². The van der Waals surface area contributed by atoms with Gasteiger partial charge in [-0.05, 0) is 31.4 Å². The number of nitrogens with zero attached hydrogens (tertiary/aromatic N) is 2. The highest BCUT2D eigenvalue weighted by molar-refractivity contribution is 6.24. The van der Waals surface area contributed by atoms with Crippen molar-refractivity contribution in [2.45, 2.75) is 37.8 Å². The molecule has 0 spiro atoms. The summed E-state index contributed by atoms with van der Waals surface area (Å²) in [5, 5.41) is 2.15. The largest absolute Gasteiger partial charge is 0.483 e. The van der Waals surface area contributed by atoms with Crippen LogP contribution in [0.4, 0.5) is 0 Å². The summed E-state index contributed by atoms with van der Waals surface area (Å²) in [5.74, 6) is -2.56. The summed E-state index contributed by atoms with van der Waals surface area (Å²) in [7, 11) is 0. The van der Waals surface area contributed by atoms with Crippen LogP contribution in [0.15, 0.2) is 18.2 Å². The van der Waals surface area contributed by atoms with Crippen LogP contribution in [0, 0.1) is 0 Å². The monoisotopic (exact) mass is 450 g/mol. The third-order valence-corrected chi connectivity index (χ3v) is 5.59. The van der Waals surface area contributed by atoms with Crippen molar-refractivity contribution >= 4 is 41.9 Å². The number of hydrogen-bond acceptors (Lipinski definition) is 7. The SMILES string of the molecule is Cl.N[C@@H]1CCCN(C(=O)COc2cccc3c2C(=O)N(C2CCC(=O)NC2=O)C3=O)C1. The van der Waals surface area contributed by atoms with Crippen molar-refractivity contribution in [3.63, 3.8) is 0 Å². The molecule has 5 amide bonds. The van der Waals surface area contributed by atoms with Gasteiger partial charge in [0.1, 0.15) is 11.8 Å². The zero-order valence-electron chi connectivity index (χ0n) is 16.7. The number of halogens is 1. The number of rotatable bonds is 4. The summed E-state index contributed by atoms with van der Waals surface area (Å²) >= 11 is 0. The normalized spacial score (nSPS) is 23.3. The van der Waals surface area contributed by atoms with E-state index in [1.165, 1.54) is 12.1 Å². The molecule has 3 N–H and O–H groups in total. The van der Waals surface area contributed by atoms with Crippen molar-refractivity contribution in [2.75, 3.05) is 19.7 Å². The molecule has 3 heterocycles. The third-order valence-electron chi connectivity index (χ3n) is 5.59. The van der Waals surface area contributed by atoms with Crippen molar-refractivity contribution in [2.24, 2.45) is 5.73 Å². The Kier molecular flexibility index (Phi) is 6.61. The van der Waals surface area contributed by atoms with Crippen LogP contribution in [0.25, 0.3) is 0 Å². The predicted octanol–water partition coefficient (Wildman–Crippen LogP) is -0.162. The van der Waals surface area contributed by atoms with E-state index in [2.05, 4.69) is 5.32 Å². The topological polar surface area (TPSA) is 139 Å². The van der Waals surface area contributed by atoms with Gasteiger partial charge in [0.15, 0.2) is 6.61 Å². The second kappa shape index (κ2) is 9.03. The fourth-order valence-corrected chi connectivity index (χ4v) is 4.07. The summed E-state index contributed by atoms with van der Waals surface area (Å²) in [6.45, 7) is 0.766. The smallest absolute Gasteiger partial charge is 0.266 e. The zero-order chi connectivity index (χ0) is 21.4. The van der Waals surface area contributed by atoms with Gasteiger partial charge in [0.05, 0.1) is 11.1 Å². The van der Waals surface area contributed by atoms with Crippen molar-refractivity contribution in [1.82, 2.24) is 15.1 Å². The second-order valence-corrected chi connectivity index (χ2v) is 7.66. The zero-order valence-corrected chi connectivity index (χ0v) is 17.5. The Bertz CT molecular complexity index is 952. The molecule has 166 valence electrons. The minimum absolute atomic E-state index is 0. The van der Waals surface area contributed by atoms with E-state index < -0.39 is 29.7 Å². The molecule has 10 nitrogen and oxygen atoms in total. The van der Waals surface area contributed by atoms with Crippen molar-refractivity contribution in [1.29, 1.82) is 0 Å². The Balaban J connectivity index is 0.00000272. The number of carbonyl (C=O) groups excluding carboxylic acids is 5. The quantitative estimate of drug-likeness (QED) is 0.607. The molecule has 1 aromatic rings. The molecule has 2 saturated heterocycles. The van der Waals surface area contributed by atoms with Crippen LogP contribution in [-0.2, 0) is 14.4 Å². The summed E-state index contributed by atoms with van der Waals surface area (Å²) < 4.78 is 5.61. The molecular formula is C20H23ClN4O6. The average Bonchev–Trinajstić information content (AvgIpc) is 2.97. The van der Waals surface area contributed by atoms with Gasteiger partial charge in [-0.25, -0.2) is 0 Å². The van der Waals surface area contributed by atoms with Gasteiger partial charge in [-0.2, -0.15) is 0 Å². The number of imide groups is 2. The number of amides is 5. The molecular weight excluding hydrogens is 428 g/mol. The summed E-state index contributed by atoms with van der Waals surface area (Å²) in [5.41, 5.74) is 6.04. The lowest BCUT2D eigenvalue weighted by molar-refractivity contribution is -0.136. The number of nitrogens with one attached hydrogen (secondary N) is 1. The molecule has 0 radical (unpaired) electrons. The van der Waals surface area contributed by atoms with Crippen LogP contribution in [0.3, 0.4) is 0 Å². The van der Waals surface area contributed by atoms with Crippen LogP contribution in [-0.4, -0.2) is 71.1 Å². The van der Waals surface area contributed by atoms with E-state index in [4.69, 9.17) is 10.5 Å². The maximum atomic E-state index is 13.0. The van der Waals surface area contributed by atoms with Crippen molar-refractivity contribution in [3.05, 3.63) is 29.3 Å². The Hall–Kier alpha value is -2.98. The van der Waals surface area contributed by atoms with Crippen molar-refractivity contribution in [3.8, 4) is 5.75 Å². The number of fused-ring (bicyclic) bond motifs is 1. The van der Waals surface area contributed by atoms with Crippen LogP contribution in [0.5, 0.6) is 5.75 Å². The molecule has 0 aliphatic carbocycles. The van der Waals surface area contributed by atoms with E-state index in [1.54, 1.807) is 11.0 Å². The molecule has 1 aromatic carbocycles. The first-order valence-corrected chi connectivity index (χ1v) is 9.87. The molecule has 3 aliphatic rings. The Morgan fingerprint density at radius 3 is 2.65 bits per heavy atom. The Morgan fingerprint density at radius 1 is 1.16 bits per heavy atom. The second-order valence-electron chi connectivity index (χ2n) is 7.66. The number of likely N-dealkylation sites (tertiary alicyclic amines) is 1. The van der Waals surface area contributed by atoms with Gasteiger partial charge < -0.3 is 15.4 Å². The molecule has 0 bridgehead atoms. The lowest BCUT2D eigenvalue weighted by Crippen LogP contribution is -2.54. The first-order valence-electron chi connectivity index (χ1n) is 9.87. The van der Waals surface area contributed by atoms with Crippen LogP contribution in [0.1, 0.15) is 46.4 Å².